The highest BCUT2D eigenvalue weighted by Gasteiger charge is 2.54. The third-order valence-electron chi connectivity index (χ3n) is 7.12. The number of hydrogen-bond donors (Lipinski definition) is 1. The molecule has 0 saturated heterocycles. The van der Waals surface area contributed by atoms with E-state index >= 15 is 0 Å². The standard InChI is InChI=1S/C21H30O2/c1-3-12-23-15-5-7-16-14(13-15)4-6-18-17(16)10-11-21(2)19(18)8-9-20(21)22/h5,7,13,17-20,22H,3-4,6,8-12H2,1-2H3/t17-,18-,19?,20+,21+/m1/s1. The van der Waals surface area contributed by atoms with Gasteiger partial charge in [-0.05, 0) is 91.4 Å². The molecule has 1 aromatic rings. The van der Waals surface area contributed by atoms with Crippen molar-refractivity contribution in [2.45, 2.75) is 70.8 Å². The van der Waals surface area contributed by atoms with Gasteiger partial charge in [0.05, 0.1) is 12.7 Å². The number of hydrogen-bond acceptors (Lipinski definition) is 2. The van der Waals surface area contributed by atoms with Crippen LogP contribution in [0.4, 0.5) is 0 Å². The SMILES string of the molecule is CCCOc1ccc2c(c1)CC[C@H]1C3CC[C@H](O)[C@@]3(C)CC[C@H]21. The smallest absolute Gasteiger partial charge is 0.119 e. The van der Waals surface area contributed by atoms with Crippen molar-refractivity contribution < 1.29 is 9.84 Å². The van der Waals surface area contributed by atoms with Crippen LogP contribution in [0.3, 0.4) is 0 Å². The lowest BCUT2D eigenvalue weighted by molar-refractivity contribution is -0.0226. The number of fused-ring (bicyclic) bond motifs is 5. The molecule has 0 bridgehead atoms. The molecule has 23 heavy (non-hydrogen) atoms. The first-order valence-corrected chi connectivity index (χ1v) is 9.57. The molecule has 2 nitrogen and oxygen atoms in total. The maximum absolute atomic E-state index is 10.5. The normalized spacial score (nSPS) is 38.6. The van der Waals surface area contributed by atoms with Gasteiger partial charge in [0.1, 0.15) is 5.75 Å². The molecule has 0 radical (unpaired) electrons. The highest BCUT2D eigenvalue weighted by Crippen LogP contribution is 2.60. The second-order valence-electron chi connectivity index (χ2n) is 8.26. The van der Waals surface area contributed by atoms with E-state index in [0.717, 1.165) is 37.0 Å². The molecule has 2 fully saturated rings. The Balaban J connectivity index is 1.60. The summed E-state index contributed by atoms with van der Waals surface area (Å²) in [6.07, 6.45) is 8.14. The second kappa shape index (κ2) is 5.81. The number of rotatable bonds is 3. The molecule has 1 unspecified atom stereocenters. The van der Waals surface area contributed by atoms with Gasteiger partial charge in [0, 0.05) is 0 Å². The van der Waals surface area contributed by atoms with Crippen LogP contribution in [-0.4, -0.2) is 17.8 Å². The van der Waals surface area contributed by atoms with E-state index in [2.05, 4.69) is 32.0 Å². The Morgan fingerprint density at radius 2 is 2.09 bits per heavy atom. The monoisotopic (exact) mass is 314 g/mol. The molecule has 2 heteroatoms. The molecule has 1 N–H and O–H groups in total. The lowest BCUT2D eigenvalue weighted by atomic mass is 9.55. The Morgan fingerprint density at radius 1 is 1.22 bits per heavy atom. The van der Waals surface area contributed by atoms with Crippen molar-refractivity contribution in [2.24, 2.45) is 17.3 Å². The topological polar surface area (TPSA) is 29.5 Å². The lowest BCUT2D eigenvalue weighted by Crippen LogP contribution is -2.43. The molecule has 3 aliphatic carbocycles. The molecule has 0 aromatic heterocycles. The largest absolute Gasteiger partial charge is 0.494 e. The van der Waals surface area contributed by atoms with Crippen molar-refractivity contribution in [3.05, 3.63) is 29.3 Å². The van der Waals surface area contributed by atoms with Crippen molar-refractivity contribution >= 4 is 0 Å². The summed E-state index contributed by atoms with van der Waals surface area (Å²) in [6, 6.07) is 6.80. The summed E-state index contributed by atoms with van der Waals surface area (Å²) in [5.41, 5.74) is 3.28. The number of aliphatic hydroxyl groups excluding tert-OH is 1. The fraction of sp³-hybridized carbons (Fsp3) is 0.714. The Bertz CT molecular complexity index is 581. The molecule has 1 aromatic carbocycles. The van der Waals surface area contributed by atoms with E-state index in [1.807, 2.05) is 0 Å². The summed E-state index contributed by atoms with van der Waals surface area (Å²) in [6.45, 7) is 5.31. The van der Waals surface area contributed by atoms with E-state index < -0.39 is 0 Å². The summed E-state index contributed by atoms with van der Waals surface area (Å²) < 4.78 is 5.82. The Kier molecular flexibility index (Phi) is 3.91. The lowest BCUT2D eigenvalue weighted by Gasteiger charge is -2.50. The average molecular weight is 314 g/mol. The zero-order valence-electron chi connectivity index (χ0n) is 14.6. The van der Waals surface area contributed by atoms with Crippen LogP contribution in [0.1, 0.15) is 69.4 Å². The molecule has 0 amide bonds. The van der Waals surface area contributed by atoms with Crippen molar-refractivity contribution in [1.82, 2.24) is 0 Å². The molecule has 0 aliphatic heterocycles. The van der Waals surface area contributed by atoms with Crippen molar-refractivity contribution in [3.8, 4) is 5.75 Å². The molecule has 0 heterocycles. The summed E-state index contributed by atoms with van der Waals surface area (Å²) in [5.74, 6) is 3.25. The van der Waals surface area contributed by atoms with Gasteiger partial charge in [-0.25, -0.2) is 0 Å². The zero-order valence-corrected chi connectivity index (χ0v) is 14.6. The Morgan fingerprint density at radius 3 is 2.91 bits per heavy atom. The fourth-order valence-corrected chi connectivity index (χ4v) is 5.84. The Labute approximate surface area is 140 Å². The molecular formula is C21H30O2. The van der Waals surface area contributed by atoms with Crippen molar-refractivity contribution in [2.75, 3.05) is 6.61 Å². The van der Waals surface area contributed by atoms with Gasteiger partial charge < -0.3 is 9.84 Å². The molecule has 0 spiro atoms. The van der Waals surface area contributed by atoms with Gasteiger partial charge in [-0.2, -0.15) is 0 Å². The van der Waals surface area contributed by atoms with E-state index in [9.17, 15) is 5.11 Å². The van der Waals surface area contributed by atoms with Gasteiger partial charge in [0.2, 0.25) is 0 Å². The minimum absolute atomic E-state index is 0.0698. The second-order valence-corrected chi connectivity index (χ2v) is 8.26. The number of ether oxygens (including phenoxy) is 1. The third kappa shape index (κ3) is 2.41. The van der Waals surface area contributed by atoms with Gasteiger partial charge >= 0.3 is 0 Å². The summed E-state index contributed by atoms with van der Waals surface area (Å²) in [4.78, 5) is 0. The van der Waals surface area contributed by atoms with E-state index in [0.29, 0.717) is 5.92 Å². The maximum atomic E-state index is 10.5. The molecule has 126 valence electrons. The molecule has 4 rings (SSSR count). The van der Waals surface area contributed by atoms with Crippen LogP contribution in [0.2, 0.25) is 0 Å². The highest BCUT2D eigenvalue weighted by atomic mass is 16.5. The molecule has 3 aliphatic rings. The van der Waals surface area contributed by atoms with Gasteiger partial charge in [0.25, 0.3) is 0 Å². The van der Waals surface area contributed by atoms with E-state index in [1.54, 1.807) is 5.56 Å². The van der Waals surface area contributed by atoms with E-state index in [1.165, 1.54) is 37.7 Å². The van der Waals surface area contributed by atoms with Crippen LogP contribution in [0.15, 0.2) is 18.2 Å². The fourth-order valence-electron chi connectivity index (χ4n) is 5.84. The van der Waals surface area contributed by atoms with Crippen LogP contribution in [0.5, 0.6) is 5.75 Å². The highest BCUT2D eigenvalue weighted by molar-refractivity contribution is 5.40. The van der Waals surface area contributed by atoms with Gasteiger partial charge in [-0.15, -0.1) is 0 Å². The van der Waals surface area contributed by atoms with Crippen LogP contribution >= 0.6 is 0 Å². The first kappa shape index (κ1) is 15.5. The zero-order chi connectivity index (χ0) is 16.0. The quantitative estimate of drug-likeness (QED) is 0.877. The van der Waals surface area contributed by atoms with Crippen molar-refractivity contribution in [3.63, 3.8) is 0 Å². The molecule has 2 saturated carbocycles. The first-order valence-electron chi connectivity index (χ1n) is 9.57. The van der Waals surface area contributed by atoms with Crippen molar-refractivity contribution in [1.29, 1.82) is 0 Å². The third-order valence-corrected chi connectivity index (χ3v) is 7.12. The Hall–Kier alpha value is -1.02. The minimum Gasteiger partial charge on any atom is -0.494 e. The van der Waals surface area contributed by atoms with Gasteiger partial charge in [-0.3, -0.25) is 0 Å². The van der Waals surface area contributed by atoms with Crippen LogP contribution < -0.4 is 4.74 Å². The number of aliphatic hydroxyl groups is 1. The summed E-state index contributed by atoms with van der Waals surface area (Å²) >= 11 is 0. The number of aryl methyl sites for hydroxylation is 1. The first-order chi connectivity index (χ1) is 11.1. The van der Waals surface area contributed by atoms with E-state index in [-0.39, 0.29) is 11.5 Å². The predicted molar refractivity (Wildman–Crippen MR) is 92.9 cm³/mol. The number of benzene rings is 1. The minimum atomic E-state index is -0.0698. The summed E-state index contributed by atoms with van der Waals surface area (Å²) in [5, 5.41) is 10.5. The molecule has 5 atom stereocenters. The van der Waals surface area contributed by atoms with Crippen LogP contribution in [-0.2, 0) is 6.42 Å². The van der Waals surface area contributed by atoms with Gasteiger partial charge in [-0.1, -0.05) is 19.9 Å². The van der Waals surface area contributed by atoms with Crippen LogP contribution in [0.25, 0.3) is 0 Å². The summed E-state index contributed by atoms with van der Waals surface area (Å²) in [7, 11) is 0. The average Bonchev–Trinajstić information content (AvgIpc) is 2.88. The predicted octanol–water partition coefficient (Wildman–Crippen LogP) is 4.69. The van der Waals surface area contributed by atoms with E-state index in [4.69, 9.17) is 4.74 Å². The van der Waals surface area contributed by atoms with Gasteiger partial charge in [0.15, 0.2) is 0 Å². The maximum Gasteiger partial charge on any atom is 0.119 e. The molecular weight excluding hydrogens is 284 g/mol. The van der Waals surface area contributed by atoms with Crippen LogP contribution in [0, 0.1) is 17.3 Å².